The Labute approximate surface area is 150 Å². The molecule has 25 heavy (non-hydrogen) atoms. The first-order chi connectivity index (χ1) is 12.0. The molecule has 1 unspecified atom stereocenters. The fourth-order valence-electron chi connectivity index (χ4n) is 2.93. The summed E-state index contributed by atoms with van der Waals surface area (Å²) in [7, 11) is 1.94. The summed E-state index contributed by atoms with van der Waals surface area (Å²) in [5.74, 6) is -0.136. The normalized spacial score (nSPS) is 17.8. The summed E-state index contributed by atoms with van der Waals surface area (Å²) in [6.45, 7) is 5.24. The number of nitrogens with zero attached hydrogens (tertiary/aromatic N) is 6. The van der Waals surface area contributed by atoms with Gasteiger partial charge in [-0.05, 0) is 38.2 Å². The van der Waals surface area contributed by atoms with Crippen molar-refractivity contribution in [1.29, 1.82) is 0 Å². The fourth-order valence-corrected chi connectivity index (χ4v) is 3.36. The number of rotatable bonds is 4. The number of anilines is 1. The van der Waals surface area contributed by atoms with E-state index in [9.17, 15) is 9.59 Å². The molecule has 0 spiro atoms. The zero-order valence-corrected chi connectivity index (χ0v) is 15.4. The first-order valence-corrected chi connectivity index (χ1v) is 9.19. The van der Waals surface area contributed by atoms with Crippen LogP contribution in [0.2, 0.25) is 0 Å². The highest BCUT2D eigenvalue weighted by atomic mass is 32.1. The summed E-state index contributed by atoms with van der Waals surface area (Å²) in [4.78, 5) is 28.7. The van der Waals surface area contributed by atoms with Gasteiger partial charge >= 0.3 is 0 Å². The van der Waals surface area contributed by atoms with Crippen LogP contribution in [-0.2, 0) is 0 Å². The van der Waals surface area contributed by atoms with Gasteiger partial charge in [0.15, 0.2) is 5.69 Å². The van der Waals surface area contributed by atoms with E-state index < -0.39 is 0 Å². The predicted molar refractivity (Wildman–Crippen MR) is 96.1 cm³/mol. The highest BCUT2D eigenvalue weighted by molar-refractivity contribution is 7.03. The van der Waals surface area contributed by atoms with E-state index in [2.05, 4.69) is 28.5 Å². The minimum Gasteiger partial charge on any atom is -0.371 e. The van der Waals surface area contributed by atoms with E-state index in [-0.39, 0.29) is 23.6 Å². The van der Waals surface area contributed by atoms with Gasteiger partial charge in [0.25, 0.3) is 11.5 Å². The lowest BCUT2D eigenvalue weighted by molar-refractivity contribution is 0.0664. The molecule has 1 amide bonds. The largest absolute Gasteiger partial charge is 0.371 e. The van der Waals surface area contributed by atoms with Crippen LogP contribution in [-0.4, -0.2) is 56.4 Å². The van der Waals surface area contributed by atoms with Gasteiger partial charge in [0.1, 0.15) is 0 Å². The van der Waals surface area contributed by atoms with Gasteiger partial charge in [-0.25, -0.2) is 4.68 Å². The Bertz CT molecular complexity index is 788. The van der Waals surface area contributed by atoms with Crippen molar-refractivity contribution in [3.05, 3.63) is 33.7 Å². The minimum atomic E-state index is -0.139. The van der Waals surface area contributed by atoms with Gasteiger partial charge in [0.05, 0.1) is 17.9 Å². The molecule has 1 aliphatic heterocycles. The van der Waals surface area contributed by atoms with E-state index in [1.807, 2.05) is 11.9 Å². The molecule has 1 saturated heterocycles. The summed E-state index contributed by atoms with van der Waals surface area (Å²) >= 11 is 1.16. The summed E-state index contributed by atoms with van der Waals surface area (Å²) < 4.78 is 5.24. The fraction of sp³-hybridized carbons (Fsp3) is 0.562. The van der Waals surface area contributed by atoms with Crippen LogP contribution in [0.5, 0.6) is 0 Å². The second-order valence-corrected chi connectivity index (χ2v) is 7.15. The summed E-state index contributed by atoms with van der Waals surface area (Å²) in [5, 5.41) is 9.85. The Kier molecular flexibility index (Phi) is 5.12. The lowest BCUT2D eigenvalue weighted by atomic mass is 10.1. The van der Waals surface area contributed by atoms with Crippen LogP contribution in [0.4, 0.5) is 5.69 Å². The Morgan fingerprint density at radius 2 is 2.24 bits per heavy atom. The molecule has 2 aromatic heterocycles. The standard InChI is InChI=1S/C16H22N6O2S/c1-11(2)20(3)13-7-15(23)22(17-8-13)12-5-4-6-21(9-12)16(24)14-10-25-19-18-14/h7-8,10-12H,4-6,9H2,1-3H3. The van der Waals surface area contributed by atoms with Gasteiger partial charge in [-0.1, -0.05) is 4.49 Å². The molecule has 0 saturated carbocycles. The monoisotopic (exact) mass is 362 g/mol. The number of likely N-dealkylation sites (tertiary alicyclic amines) is 1. The van der Waals surface area contributed by atoms with E-state index in [1.165, 1.54) is 4.68 Å². The zero-order chi connectivity index (χ0) is 18.0. The molecule has 2 aromatic rings. The van der Waals surface area contributed by atoms with E-state index in [0.717, 1.165) is 30.1 Å². The number of hydrogen-bond donors (Lipinski definition) is 0. The first-order valence-electron chi connectivity index (χ1n) is 8.35. The van der Waals surface area contributed by atoms with E-state index in [0.29, 0.717) is 18.8 Å². The number of piperidine rings is 1. The molecule has 1 fully saturated rings. The molecule has 3 heterocycles. The smallest absolute Gasteiger partial charge is 0.275 e. The minimum absolute atomic E-state index is 0.116. The maximum Gasteiger partial charge on any atom is 0.275 e. The van der Waals surface area contributed by atoms with Gasteiger partial charge in [-0.2, -0.15) is 5.10 Å². The van der Waals surface area contributed by atoms with Gasteiger partial charge in [-0.3, -0.25) is 9.59 Å². The molecule has 1 aliphatic rings. The first kappa shape index (κ1) is 17.5. The molecule has 8 nitrogen and oxygen atoms in total. The number of carbonyl (C=O) groups is 1. The van der Waals surface area contributed by atoms with Crippen molar-refractivity contribution in [3.63, 3.8) is 0 Å². The molecule has 0 N–H and O–H groups in total. The van der Waals surface area contributed by atoms with Gasteiger partial charge in [0, 0.05) is 37.6 Å². The Hall–Kier alpha value is -2.29. The molecular formula is C16H22N6O2S. The van der Waals surface area contributed by atoms with Crippen molar-refractivity contribution in [2.45, 2.75) is 38.8 Å². The number of carbonyl (C=O) groups excluding carboxylic acids is 1. The Balaban J connectivity index is 1.77. The molecule has 0 aliphatic carbocycles. The van der Waals surface area contributed by atoms with E-state index in [4.69, 9.17) is 0 Å². The van der Waals surface area contributed by atoms with Crippen LogP contribution >= 0.6 is 11.5 Å². The lowest BCUT2D eigenvalue weighted by Crippen LogP contribution is -2.43. The summed E-state index contributed by atoms with van der Waals surface area (Å²) in [5.41, 5.74) is 1.02. The topological polar surface area (TPSA) is 84.2 Å². The van der Waals surface area contributed by atoms with E-state index in [1.54, 1.807) is 22.5 Å². The average Bonchev–Trinajstić information content (AvgIpc) is 3.15. The molecular weight excluding hydrogens is 340 g/mol. The van der Waals surface area contributed by atoms with Crippen LogP contribution in [0.1, 0.15) is 43.2 Å². The molecule has 0 bridgehead atoms. The van der Waals surface area contributed by atoms with Crippen molar-refractivity contribution in [2.24, 2.45) is 0 Å². The maximum atomic E-state index is 12.5. The average molecular weight is 362 g/mol. The van der Waals surface area contributed by atoms with Gasteiger partial charge in [0.2, 0.25) is 0 Å². The maximum absolute atomic E-state index is 12.5. The molecule has 1 atom stereocenters. The number of amides is 1. The van der Waals surface area contributed by atoms with Crippen LogP contribution in [0.25, 0.3) is 0 Å². The lowest BCUT2D eigenvalue weighted by Gasteiger charge is -2.32. The van der Waals surface area contributed by atoms with Gasteiger partial charge in [-0.15, -0.1) is 5.10 Å². The number of hydrogen-bond acceptors (Lipinski definition) is 7. The summed E-state index contributed by atoms with van der Waals surface area (Å²) in [6, 6.07) is 1.78. The van der Waals surface area contributed by atoms with Crippen molar-refractivity contribution in [2.75, 3.05) is 25.0 Å². The highest BCUT2D eigenvalue weighted by Gasteiger charge is 2.28. The predicted octanol–water partition coefficient (Wildman–Crippen LogP) is 1.42. The molecule has 0 radical (unpaired) electrons. The van der Waals surface area contributed by atoms with Crippen LogP contribution in [0, 0.1) is 0 Å². The third-order valence-electron chi connectivity index (χ3n) is 4.60. The molecule has 0 aromatic carbocycles. The van der Waals surface area contributed by atoms with E-state index >= 15 is 0 Å². The highest BCUT2D eigenvalue weighted by Crippen LogP contribution is 2.21. The van der Waals surface area contributed by atoms with Crippen LogP contribution < -0.4 is 10.5 Å². The van der Waals surface area contributed by atoms with Crippen LogP contribution in [0.3, 0.4) is 0 Å². The number of aromatic nitrogens is 4. The molecule has 9 heteroatoms. The quantitative estimate of drug-likeness (QED) is 0.818. The Morgan fingerprint density at radius 1 is 1.44 bits per heavy atom. The second-order valence-electron chi connectivity index (χ2n) is 6.54. The van der Waals surface area contributed by atoms with Crippen molar-refractivity contribution < 1.29 is 4.79 Å². The summed E-state index contributed by atoms with van der Waals surface area (Å²) in [6.07, 6.45) is 3.37. The van der Waals surface area contributed by atoms with Crippen molar-refractivity contribution in [3.8, 4) is 0 Å². The van der Waals surface area contributed by atoms with Crippen molar-refractivity contribution >= 4 is 23.1 Å². The van der Waals surface area contributed by atoms with Crippen molar-refractivity contribution in [1.82, 2.24) is 24.3 Å². The Morgan fingerprint density at radius 3 is 2.88 bits per heavy atom. The SMILES string of the molecule is CC(C)N(C)c1cnn(C2CCCN(C(=O)c3csnn3)C2)c(=O)c1. The third kappa shape index (κ3) is 3.71. The molecule has 134 valence electrons. The van der Waals surface area contributed by atoms with Gasteiger partial charge < -0.3 is 9.80 Å². The second kappa shape index (κ2) is 7.30. The zero-order valence-electron chi connectivity index (χ0n) is 14.6. The van der Waals surface area contributed by atoms with Crippen LogP contribution in [0.15, 0.2) is 22.4 Å². The molecule has 3 rings (SSSR count). The third-order valence-corrected chi connectivity index (χ3v) is 5.11.